The molecule has 0 saturated heterocycles. The first-order chi connectivity index (χ1) is 7.45. The van der Waals surface area contributed by atoms with Gasteiger partial charge in [-0.05, 0) is 19.8 Å². The molecule has 0 aromatic rings. The highest BCUT2D eigenvalue weighted by Crippen LogP contribution is 2.22. The average molecular weight is 248 g/mol. The van der Waals surface area contributed by atoms with Crippen molar-refractivity contribution < 1.29 is 22.7 Å². The summed E-state index contributed by atoms with van der Waals surface area (Å²) in [7, 11) is -3.53. The van der Waals surface area contributed by atoms with Gasteiger partial charge in [-0.25, -0.2) is 8.42 Å². The normalized spacial score (nSPS) is 21.8. The lowest BCUT2D eigenvalue weighted by molar-refractivity contribution is -0.140. The molecule has 1 saturated carbocycles. The van der Waals surface area contributed by atoms with E-state index in [1.165, 1.54) is 0 Å². The maximum Gasteiger partial charge on any atom is 0.321 e. The Hall–Kier alpha value is -0.910. The number of ketones is 1. The molecule has 1 aliphatic rings. The van der Waals surface area contributed by atoms with Gasteiger partial charge >= 0.3 is 5.97 Å². The van der Waals surface area contributed by atoms with Crippen LogP contribution in [0.3, 0.4) is 0 Å². The van der Waals surface area contributed by atoms with Gasteiger partial charge in [0.25, 0.3) is 0 Å². The summed E-state index contributed by atoms with van der Waals surface area (Å²) >= 11 is 0. The van der Waals surface area contributed by atoms with Crippen LogP contribution in [-0.4, -0.2) is 37.8 Å². The lowest BCUT2D eigenvalue weighted by atomic mass is 9.99. The molecule has 1 aliphatic carbocycles. The summed E-state index contributed by atoms with van der Waals surface area (Å²) in [5, 5.41) is -0.696. The zero-order valence-electron chi connectivity index (χ0n) is 9.27. The van der Waals surface area contributed by atoms with Crippen molar-refractivity contribution in [1.29, 1.82) is 0 Å². The monoisotopic (exact) mass is 248 g/mol. The van der Waals surface area contributed by atoms with E-state index in [-0.39, 0.29) is 18.8 Å². The maximum absolute atomic E-state index is 11.8. The number of esters is 1. The molecule has 0 aromatic heterocycles. The number of hydrogen-bond donors (Lipinski definition) is 0. The van der Waals surface area contributed by atoms with Gasteiger partial charge in [-0.3, -0.25) is 9.59 Å². The van der Waals surface area contributed by atoms with Gasteiger partial charge in [0.1, 0.15) is 11.5 Å². The van der Waals surface area contributed by atoms with Crippen molar-refractivity contribution in [2.75, 3.05) is 12.4 Å². The Bertz CT molecular complexity index is 371. The lowest BCUT2D eigenvalue weighted by Gasteiger charge is -2.20. The fourth-order valence-corrected chi connectivity index (χ4v) is 3.39. The summed E-state index contributed by atoms with van der Waals surface area (Å²) in [5.41, 5.74) is 0. The van der Waals surface area contributed by atoms with E-state index in [2.05, 4.69) is 4.74 Å². The molecule has 0 amide bonds. The van der Waals surface area contributed by atoms with Crippen molar-refractivity contribution in [3.63, 3.8) is 0 Å². The molecule has 0 N–H and O–H groups in total. The molecule has 0 radical (unpaired) electrons. The van der Waals surface area contributed by atoms with Crippen molar-refractivity contribution in [3.05, 3.63) is 0 Å². The van der Waals surface area contributed by atoms with Crippen LogP contribution >= 0.6 is 0 Å². The minimum absolute atomic E-state index is 0.0383. The van der Waals surface area contributed by atoms with Crippen molar-refractivity contribution in [3.8, 4) is 0 Å². The predicted octanol–water partition coefficient (Wildman–Crippen LogP) is 0.476. The molecule has 16 heavy (non-hydrogen) atoms. The Morgan fingerprint density at radius 2 is 2.19 bits per heavy atom. The molecular formula is C10H16O5S. The number of Topliss-reactive ketones (excluding diaryl/α,β-unsaturated/α-hetero) is 1. The van der Waals surface area contributed by atoms with E-state index in [4.69, 9.17) is 0 Å². The van der Waals surface area contributed by atoms with Crippen LogP contribution in [0, 0.1) is 0 Å². The van der Waals surface area contributed by atoms with Crippen molar-refractivity contribution in [1.82, 2.24) is 0 Å². The van der Waals surface area contributed by atoms with Gasteiger partial charge in [-0.1, -0.05) is 0 Å². The van der Waals surface area contributed by atoms with E-state index in [1.54, 1.807) is 6.92 Å². The second kappa shape index (κ2) is 5.43. The van der Waals surface area contributed by atoms with E-state index in [9.17, 15) is 18.0 Å². The zero-order chi connectivity index (χ0) is 12.2. The van der Waals surface area contributed by atoms with Crippen LogP contribution in [-0.2, 0) is 24.2 Å². The van der Waals surface area contributed by atoms with Gasteiger partial charge in [0.2, 0.25) is 0 Å². The van der Waals surface area contributed by atoms with Crippen LogP contribution in [0.25, 0.3) is 0 Å². The maximum atomic E-state index is 11.8. The van der Waals surface area contributed by atoms with Crippen LogP contribution in [0.15, 0.2) is 0 Å². The summed E-state index contributed by atoms with van der Waals surface area (Å²) in [5.74, 6) is -1.39. The highest BCUT2D eigenvalue weighted by molar-refractivity contribution is 7.92. The molecule has 0 bridgehead atoms. The smallest absolute Gasteiger partial charge is 0.321 e. The molecule has 0 aromatic carbocycles. The van der Waals surface area contributed by atoms with E-state index < -0.39 is 26.8 Å². The molecule has 1 fully saturated rings. The standard InChI is InChI=1S/C10H16O5S/c1-2-15-10(12)7-16(13,14)9-5-3-4-8(11)6-9/h9H,2-7H2,1H3. The third-order valence-electron chi connectivity index (χ3n) is 2.57. The van der Waals surface area contributed by atoms with E-state index in [1.807, 2.05) is 0 Å². The Morgan fingerprint density at radius 3 is 2.75 bits per heavy atom. The van der Waals surface area contributed by atoms with E-state index in [0.717, 1.165) is 0 Å². The molecule has 92 valence electrons. The highest BCUT2D eigenvalue weighted by Gasteiger charge is 2.32. The lowest BCUT2D eigenvalue weighted by Crippen LogP contribution is -2.33. The van der Waals surface area contributed by atoms with Gasteiger partial charge in [-0.2, -0.15) is 0 Å². The minimum atomic E-state index is -3.53. The fourth-order valence-electron chi connectivity index (χ4n) is 1.78. The van der Waals surface area contributed by atoms with Crippen molar-refractivity contribution in [2.45, 2.75) is 37.9 Å². The van der Waals surface area contributed by atoms with Crippen molar-refractivity contribution in [2.24, 2.45) is 0 Å². The fraction of sp³-hybridized carbons (Fsp3) is 0.800. The van der Waals surface area contributed by atoms with E-state index in [0.29, 0.717) is 19.3 Å². The summed E-state index contributed by atoms with van der Waals surface area (Å²) in [4.78, 5) is 22.2. The second-order valence-electron chi connectivity index (χ2n) is 3.87. The number of sulfone groups is 1. The zero-order valence-corrected chi connectivity index (χ0v) is 10.1. The number of carbonyl (C=O) groups excluding carboxylic acids is 2. The number of ether oxygens (including phenoxy) is 1. The van der Waals surface area contributed by atoms with Gasteiger partial charge < -0.3 is 4.74 Å². The number of hydrogen-bond acceptors (Lipinski definition) is 5. The van der Waals surface area contributed by atoms with Gasteiger partial charge in [0, 0.05) is 12.8 Å². The van der Waals surface area contributed by atoms with Gasteiger partial charge in [-0.15, -0.1) is 0 Å². The number of carbonyl (C=O) groups is 2. The Kier molecular flexibility index (Phi) is 4.46. The molecule has 0 heterocycles. The Balaban J connectivity index is 2.62. The Morgan fingerprint density at radius 1 is 1.50 bits per heavy atom. The van der Waals surface area contributed by atoms with Crippen LogP contribution in [0.1, 0.15) is 32.6 Å². The molecule has 0 spiro atoms. The first-order valence-electron chi connectivity index (χ1n) is 5.34. The molecule has 1 atom stereocenters. The molecule has 6 heteroatoms. The SMILES string of the molecule is CCOC(=O)CS(=O)(=O)C1CCCC(=O)C1. The summed E-state index contributed by atoms with van der Waals surface area (Å²) in [6.45, 7) is 1.78. The second-order valence-corrected chi connectivity index (χ2v) is 6.15. The van der Waals surface area contributed by atoms with Crippen LogP contribution in [0.2, 0.25) is 0 Å². The van der Waals surface area contributed by atoms with Crippen molar-refractivity contribution >= 4 is 21.6 Å². The average Bonchev–Trinajstić information content (AvgIpc) is 2.17. The molecule has 1 unspecified atom stereocenters. The van der Waals surface area contributed by atoms with E-state index >= 15 is 0 Å². The van der Waals surface area contributed by atoms with Gasteiger partial charge in [0.05, 0.1) is 11.9 Å². The molecule has 5 nitrogen and oxygen atoms in total. The third-order valence-corrected chi connectivity index (χ3v) is 4.63. The third kappa shape index (κ3) is 3.59. The van der Waals surface area contributed by atoms with Crippen LogP contribution in [0.4, 0.5) is 0 Å². The minimum Gasteiger partial charge on any atom is -0.465 e. The number of rotatable bonds is 4. The largest absolute Gasteiger partial charge is 0.465 e. The summed E-state index contributed by atoms with van der Waals surface area (Å²) in [6.07, 6.45) is 1.55. The summed E-state index contributed by atoms with van der Waals surface area (Å²) in [6, 6.07) is 0. The van der Waals surface area contributed by atoms with Crippen LogP contribution < -0.4 is 0 Å². The first kappa shape index (κ1) is 13.2. The first-order valence-corrected chi connectivity index (χ1v) is 7.06. The quantitative estimate of drug-likeness (QED) is 0.676. The molecule has 1 rings (SSSR count). The summed E-state index contributed by atoms with van der Waals surface area (Å²) < 4.78 is 28.1. The topological polar surface area (TPSA) is 77.5 Å². The molecular weight excluding hydrogens is 232 g/mol. The molecule has 0 aliphatic heterocycles. The van der Waals surface area contributed by atoms with Gasteiger partial charge in [0.15, 0.2) is 9.84 Å². The Labute approximate surface area is 95.1 Å². The van der Waals surface area contributed by atoms with Crippen LogP contribution in [0.5, 0.6) is 0 Å². The highest BCUT2D eigenvalue weighted by atomic mass is 32.2. The predicted molar refractivity (Wildman–Crippen MR) is 57.7 cm³/mol.